The average Bonchev–Trinajstić information content (AvgIpc) is 2.74. The second-order valence-electron chi connectivity index (χ2n) is 5.77. The van der Waals surface area contributed by atoms with Crippen LogP contribution in [0.5, 0.6) is 0 Å². The SMILES string of the molecule is COC1(OC)[C@@H]2C[C@H]3[C@H]1[C@@](O)(OC3(C)C)C2=O. The number of ether oxygens (including phenoxy) is 3. The van der Waals surface area contributed by atoms with E-state index in [1.807, 2.05) is 13.8 Å². The molecule has 0 unspecified atom stereocenters. The van der Waals surface area contributed by atoms with Crippen LogP contribution in [0.1, 0.15) is 20.3 Å². The number of Topliss-reactive ketones (excluding diaryl/α,β-unsaturated/α-hetero) is 1. The standard InChI is InChI=1S/C12H18O5/c1-10(2)6-5-7-9(13)11(14,17-10)8(6)12(7,15-3)16-4/h6-8,14H,5H2,1-4H3/t6-,7+,8-,11+/m0/s1. The van der Waals surface area contributed by atoms with Gasteiger partial charge < -0.3 is 19.3 Å². The van der Waals surface area contributed by atoms with Gasteiger partial charge in [0.05, 0.1) is 17.4 Å². The van der Waals surface area contributed by atoms with Crippen LogP contribution in [0.4, 0.5) is 0 Å². The molecule has 96 valence electrons. The predicted octanol–water partition coefficient (Wildman–Crippen LogP) is 0.308. The van der Waals surface area contributed by atoms with Crippen LogP contribution in [0.15, 0.2) is 0 Å². The first-order valence-electron chi connectivity index (χ1n) is 5.90. The van der Waals surface area contributed by atoms with Gasteiger partial charge in [-0.05, 0) is 20.3 Å². The number of methoxy groups -OCH3 is 2. The topological polar surface area (TPSA) is 65.0 Å². The lowest BCUT2D eigenvalue weighted by molar-refractivity contribution is -0.269. The smallest absolute Gasteiger partial charge is 0.236 e. The zero-order chi connectivity index (χ0) is 12.6. The summed E-state index contributed by atoms with van der Waals surface area (Å²) in [6.45, 7) is 3.80. The van der Waals surface area contributed by atoms with Crippen LogP contribution in [0.3, 0.4) is 0 Å². The van der Waals surface area contributed by atoms with Crippen molar-refractivity contribution in [2.24, 2.45) is 17.8 Å². The Morgan fingerprint density at radius 2 is 1.94 bits per heavy atom. The quantitative estimate of drug-likeness (QED) is 0.706. The summed E-state index contributed by atoms with van der Waals surface area (Å²) in [5.74, 6) is -3.84. The van der Waals surface area contributed by atoms with Gasteiger partial charge in [-0.3, -0.25) is 4.79 Å². The molecule has 1 N–H and O–H groups in total. The van der Waals surface area contributed by atoms with Gasteiger partial charge in [-0.2, -0.15) is 0 Å². The molecule has 2 bridgehead atoms. The van der Waals surface area contributed by atoms with Crippen molar-refractivity contribution in [1.82, 2.24) is 0 Å². The fourth-order valence-corrected chi connectivity index (χ4v) is 4.19. The summed E-state index contributed by atoms with van der Waals surface area (Å²) < 4.78 is 16.6. The molecule has 2 saturated carbocycles. The van der Waals surface area contributed by atoms with Crippen molar-refractivity contribution in [1.29, 1.82) is 0 Å². The van der Waals surface area contributed by atoms with Crippen molar-refractivity contribution in [3.05, 3.63) is 0 Å². The highest BCUT2D eigenvalue weighted by Gasteiger charge is 2.82. The minimum Gasteiger partial charge on any atom is -0.359 e. The molecule has 0 amide bonds. The second-order valence-corrected chi connectivity index (χ2v) is 5.77. The molecule has 17 heavy (non-hydrogen) atoms. The first kappa shape index (κ1) is 11.6. The van der Waals surface area contributed by atoms with E-state index < -0.39 is 29.0 Å². The third kappa shape index (κ3) is 0.989. The van der Waals surface area contributed by atoms with E-state index in [1.165, 1.54) is 14.2 Å². The van der Waals surface area contributed by atoms with E-state index in [1.54, 1.807) is 0 Å². The lowest BCUT2D eigenvalue weighted by atomic mass is 9.79. The van der Waals surface area contributed by atoms with Crippen molar-refractivity contribution < 1.29 is 24.1 Å². The molecule has 3 aliphatic rings. The molecule has 1 heterocycles. The van der Waals surface area contributed by atoms with E-state index in [0.717, 1.165) is 0 Å². The summed E-state index contributed by atoms with van der Waals surface area (Å²) in [7, 11) is 3.03. The van der Waals surface area contributed by atoms with E-state index >= 15 is 0 Å². The molecule has 4 atom stereocenters. The van der Waals surface area contributed by atoms with Crippen LogP contribution in [0.2, 0.25) is 0 Å². The predicted molar refractivity (Wildman–Crippen MR) is 57.0 cm³/mol. The number of ketones is 1. The lowest BCUT2D eigenvalue weighted by Gasteiger charge is -2.31. The minimum absolute atomic E-state index is 0.0788. The molecule has 0 spiro atoms. The van der Waals surface area contributed by atoms with Gasteiger partial charge >= 0.3 is 0 Å². The molecule has 0 aromatic carbocycles. The van der Waals surface area contributed by atoms with Crippen LogP contribution in [-0.4, -0.2) is 42.3 Å². The number of rotatable bonds is 2. The Kier molecular flexibility index (Phi) is 1.98. The molecule has 1 saturated heterocycles. The van der Waals surface area contributed by atoms with Crippen molar-refractivity contribution in [3.63, 3.8) is 0 Å². The molecule has 5 nitrogen and oxygen atoms in total. The second kappa shape index (κ2) is 2.91. The van der Waals surface area contributed by atoms with Gasteiger partial charge in [0, 0.05) is 20.1 Å². The van der Waals surface area contributed by atoms with E-state index in [0.29, 0.717) is 6.42 Å². The zero-order valence-corrected chi connectivity index (χ0v) is 10.5. The minimum atomic E-state index is -1.73. The van der Waals surface area contributed by atoms with E-state index in [4.69, 9.17) is 14.2 Å². The fraction of sp³-hybridized carbons (Fsp3) is 0.917. The van der Waals surface area contributed by atoms with Crippen LogP contribution in [0.25, 0.3) is 0 Å². The average molecular weight is 242 g/mol. The Balaban J connectivity index is 2.17. The van der Waals surface area contributed by atoms with Crippen LogP contribution < -0.4 is 0 Å². The molecule has 3 fully saturated rings. The van der Waals surface area contributed by atoms with E-state index in [2.05, 4.69) is 0 Å². The van der Waals surface area contributed by atoms with Gasteiger partial charge in [0.1, 0.15) is 0 Å². The van der Waals surface area contributed by atoms with Crippen LogP contribution >= 0.6 is 0 Å². The van der Waals surface area contributed by atoms with Gasteiger partial charge in [0.25, 0.3) is 0 Å². The molecule has 0 radical (unpaired) electrons. The summed E-state index contributed by atoms with van der Waals surface area (Å²) in [4.78, 5) is 12.2. The number of hydrogen-bond acceptors (Lipinski definition) is 5. The monoisotopic (exact) mass is 242 g/mol. The van der Waals surface area contributed by atoms with Crippen molar-refractivity contribution in [3.8, 4) is 0 Å². The first-order chi connectivity index (χ1) is 7.83. The largest absolute Gasteiger partial charge is 0.359 e. The molecular formula is C12H18O5. The number of aliphatic hydroxyl groups is 1. The first-order valence-corrected chi connectivity index (χ1v) is 5.90. The Hall–Kier alpha value is -0.490. The Labute approximate surface area is 100 Å². The van der Waals surface area contributed by atoms with Crippen LogP contribution in [-0.2, 0) is 19.0 Å². The molecule has 5 heteroatoms. The lowest BCUT2D eigenvalue weighted by Crippen LogP contribution is -2.46. The van der Waals surface area contributed by atoms with E-state index in [9.17, 15) is 9.90 Å². The third-order valence-corrected chi connectivity index (χ3v) is 4.85. The Morgan fingerprint density at radius 1 is 1.35 bits per heavy atom. The normalized spacial score (nSPS) is 49.0. The fourth-order valence-electron chi connectivity index (χ4n) is 4.19. The summed E-state index contributed by atoms with van der Waals surface area (Å²) in [5.41, 5.74) is -0.525. The summed E-state index contributed by atoms with van der Waals surface area (Å²) in [6, 6.07) is 0. The maximum atomic E-state index is 12.2. The van der Waals surface area contributed by atoms with Gasteiger partial charge in [-0.1, -0.05) is 0 Å². The highest BCUT2D eigenvalue weighted by molar-refractivity contribution is 5.94. The number of carbonyl (C=O) groups excluding carboxylic acids is 1. The molecule has 1 aliphatic heterocycles. The van der Waals surface area contributed by atoms with Gasteiger partial charge in [0.2, 0.25) is 11.6 Å². The molecule has 0 aromatic heterocycles. The maximum Gasteiger partial charge on any atom is 0.236 e. The number of carbonyl (C=O) groups is 1. The Bertz CT molecular complexity index is 386. The Morgan fingerprint density at radius 3 is 2.41 bits per heavy atom. The van der Waals surface area contributed by atoms with Gasteiger partial charge in [-0.25, -0.2) is 0 Å². The molecule has 0 aromatic rings. The number of fused-ring (bicyclic) bond motifs is 1. The highest BCUT2D eigenvalue weighted by Crippen LogP contribution is 2.67. The summed E-state index contributed by atoms with van der Waals surface area (Å²) in [5, 5.41) is 10.5. The van der Waals surface area contributed by atoms with Gasteiger partial charge in [-0.15, -0.1) is 0 Å². The van der Waals surface area contributed by atoms with Crippen molar-refractivity contribution >= 4 is 5.78 Å². The molecule has 3 rings (SSSR count). The van der Waals surface area contributed by atoms with Crippen LogP contribution in [0, 0.1) is 17.8 Å². The van der Waals surface area contributed by atoms with Crippen molar-refractivity contribution in [2.45, 2.75) is 37.4 Å². The molecular weight excluding hydrogens is 224 g/mol. The van der Waals surface area contributed by atoms with Crippen molar-refractivity contribution in [2.75, 3.05) is 14.2 Å². The third-order valence-electron chi connectivity index (χ3n) is 4.85. The maximum absolute atomic E-state index is 12.2. The summed E-state index contributed by atoms with van der Waals surface area (Å²) >= 11 is 0. The summed E-state index contributed by atoms with van der Waals surface area (Å²) in [6.07, 6.45) is 0.653. The number of hydrogen-bond donors (Lipinski definition) is 1. The molecule has 2 aliphatic carbocycles. The highest BCUT2D eigenvalue weighted by atomic mass is 16.7. The van der Waals surface area contributed by atoms with Gasteiger partial charge in [0.15, 0.2) is 5.79 Å². The zero-order valence-electron chi connectivity index (χ0n) is 10.5. The van der Waals surface area contributed by atoms with E-state index in [-0.39, 0.29) is 11.7 Å².